The number of benzene rings is 1. The molecule has 1 aromatic rings. The summed E-state index contributed by atoms with van der Waals surface area (Å²) in [6, 6.07) is 8.33. The molecule has 0 aliphatic carbocycles. The van der Waals surface area contributed by atoms with Crippen molar-refractivity contribution >= 4 is 27.9 Å². The Hall–Kier alpha value is 0.604. The quantitative estimate of drug-likeness (QED) is 0.646. The molecule has 0 aromatic heterocycles. The number of rotatable bonds is 0. The third-order valence-electron chi connectivity index (χ3n) is 0.743. The molecule has 0 heterocycles. The fraction of sp³-hybridized carbons (Fsp3) is 0. The van der Waals surface area contributed by atoms with E-state index in [1.54, 1.807) is 12.1 Å². The average molecular weight is 247 g/mol. The van der Waals surface area contributed by atoms with Crippen LogP contribution in [0.25, 0.3) is 0 Å². The minimum atomic E-state index is -1.92. The van der Waals surface area contributed by atoms with Gasteiger partial charge in [-0.2, -0.15) is 0 Å². The largest absolute Gasteiger partial charge is 0.872 e. The zero-order valence-corrected chi connectivity index (χ0v) is 9.26. The van der Waals surface area contributed by atoms with Crippen LogP contribution < -0.4 is 5.11 Å². The van der Waals surface area contributed by atoms with Crippen LogP contribution in [0.1, 0.15) is 0 Å². The van der Waals surface area contributed by atoms with E-state index in [1.165, 1.54) is 12.1 Å². The smallest absolute Gasteiger partial charge is 0.0623 e. The maximum atomic E-state index is 10.3. The summed E-state index contributed by atoms with van der Waals surface area (Å²) in [5.74, 6) is 0.0718. The molecule has 1 aromatic carbocycles. The fourth-order valence-corrected chi connectivity index (χ4v) is 0.420. The Morgan fingerprint density at radius 1 is 1.00 bits per heavy atom. The van der Waals surface area contributed by atoms with E-state index in [0.29, 0.717) is 0 Å². The van der Waals surface area contributed by atoms with Crippen LogP contribution in [0, 0.1) is 0 Å². The van der Waals surface area contributed by atoms with Gasteiger partial charge < -0.3 is 5.11 Å². The fourth-order valence-electron chi connectivity index (χ4n) is 0.420. The van der Waals surface area contributed by atoms with Crippen LogP contribution in [0.4, 0.5) is 0 Å². The molecule has 0 fully saturated rings. The Bertz CT molecular complexity index is 178. The molecule has 1 nitrogen and oxygen atoms in total. The first-order valence-corrected chi connectivity index (χ1v) is 9.13. The molecule has 0 unspecified atom stereocenters. The number of para-hydroxylation sites is 1. The van der Waals surface area contributed by atoms with Gasteiger partial charge in [0.15, 0.2) is 0 Å². The molecular formula is C6H5Cl3OTi-. The van der Waals surface area contributed by atoms with Crippen molar-refractivity contribution in [3.05, 3.63) is 30.3 Å². The summed E-state index contributed by atoms with van der Waals surface area (Å²) in [5, 5.41) is 10.3. The Labute approximate surface area is 83.4 Å². The van der Waals surface area contributed by atoms with Gasteiger partial charge in [-0.1, -0.05) is 30.3 Å². The van der Waals surface area contributed by atoms with Crippen molar-refractivity contribution in [2.75, 3.05) is 0 Å². The molecule has 1 rings (SSSR count). The van der Waals surface area contributed by atoms with E-state index in [2.05, 4.69) is 0 Å². The number of hydrogen-bond donors (Lipinski definition) is 0. The maximum absolute atomic E-state index is 10.3. The van der Waals surface area contributed by atoms with Crippen LogP contribution in [0.15, 0.2) is 30.3 Å². The molecule has 0 atom stereocenters. The minimum absolute atomic E-state index is 0.0718. The molecule has 11 heavy (non-hydrogen) atoms. The van der Waals surface area contributed by atoms with Crippen molar-refractivity contribution in [2.45, 2.75) is 0 Å². The van der Waals surface area contributed by atoms with Gasteiger partial charge in [-0.15, -0.1) is 5.75 Å². The zero-order chi connectivity index (χ0) is 8.69. The average Bonchev–Trinajstić information content (AvgIpc) is 1.87. The molecule has 5 heteroatoms. The van der Waals surface area contributed by atoms with Crippen molar-refractivity contribution in [1.82, 2.24) is 0 Å². The number of halogens is 3. The summed E-state index contributed by atoms with van der Waals surface area (Å²) in [6.07, 6.45) is 0. The molecule has 0 N–H and O–H groups in total. The van der Waals surface area contributed by atoms with Gasteiger partial charge in [-0.3, -0.25) is 0 Å². The Morgan fingerprint density at radius 3 is 1.55 bits per heavy atom. The molecule has 0 amide bonds. The minimum Gasteiger partial charge on any atom is -0.872 e. The molecule has 0 radical (unpaired) electrons. The van der Waals surface area contributed by atoms with Gasteiger partial charge in [0.25, 0.3) is 0 Å². The molecule has 0 saturated heterocycles. The molecule has 0 aliphatic heterocycles. The summed E-state index contributed by atoms with van der Waals surface area (Å²) >= 11 is -1.92. The van der Waals surface area contributed by atoms with Gasteiger partial charge in [0.1, 0.15) is 0 Å². The van der Waals surface area contributed by atoms with Crippen molar-refractivity contribution in [1.29, 1.82) is 0 Å². The van der Waals surface area contributed by atoms with Crippen molar-refractivity contribution in [3.63, 3.8) is 0 Å². The second-order valence-electron chi connectivity index (χ2n) is 1.53. The molecule has 0 spiro atoms. The van der Waals surface area contributed by atoms with E-state index in [1.807, 2.05) is 6.07 Å². The molecule has 0 bridgehead atoms. The van der Waals surface area contributed by atoms with Crippen molar-refractivity contribution in [3.8, 4) is 5.75 Å². The van der Waals surface area contributed by atoms with E-state index < -0.39 is 14.7 Å². The van der Waals surface area contributed by atoms with Crippen molar-refractivity contribution < 1.29 is 19.8 Å². The van der Waals surface area contributed by atoms with Crippen LogP contribution in [0.5, 0.6) is 5.75 Å². The summed E-state index contributed by atoms with van der Waals surface area (Å²) in [4.78, 5) is 0. The SMILES string of the molecule is [Cl][Ti]([Cl])[Cl].[O-]c1ccccc1. The summed E-state index contributed by atoms with van der Waals surface area (Å²) in [5.41, 5.74) is 0. The Balaban J connectivity index is 0.000000218. The first kappa shape index (κ1) is 11.6. The molecule has 0 aliphatic rings. The summed E-state index contributed by atoms with van der Waals surface area (Å²) in [7, 11) is 14.9. The molecule has 61 valence electrons. The van der Waals surface area contributed by atoms with Crippen LogP contribution in [0.3, 0.4) is 0 Å². The van der Waals surface area contributed by atoms with E-state index >= 15 is 0 Å². The van der Waals surface area contributed by atoms with Crippen LogP contribution >= 0.6 is 27.9 Å². The zero-order valence-electron chi connectivity index (χ0n) is 5.43. The monoisotopic (exact) mass is 246 g/mol. The topological polar surface area (TPSA) is 23.1 Å². The maximum Gasteiger partial charge on any atom is -0.0623 e. The number of hydrogen-bond acceptors (Lipinski definition) is 1. The van der Waals surface area contributed by atoms with Gasteiger partial charge in [0, 0.05) is 0 Å². The van der Waals surface area contributed by atoms with E-state index in [9.17, 15) is 5.11 Å². The van der Waals surface area contributed by atoms with Crippen molar-refractivity contribution in [2.24, 2.45) is 0 Å². The van der Waals surface area contributed by atoms with Crippen LogP contribution in [-0.4, -0.2) is 0 Å². The summed E-state index contributed by atoms with van der Waals surface area (Å²) in [6.45, 7) is 0. The molecular weight excluding hydrogens is 242 g/mol. The standard InChI is InChI=1S/C6H6O.3ClH.Ti/c7-6-4-2-1-3-5-6;;;;/h1-5,7H;3*1H;/q;;;;+3/p-4. The van der Waals surface area contributed by atoms with Gasteiger partial charge >= 0.3 is 42.6 Å². The van der Waals surface area contributed by atoms with Gasteiger partial charge in [-0.25, -0.2) is 0 Å². The van der Waals surface area contributed by atoms with Crippen LogP contribution in [-0.2, 0) is 14.7 Å². The molecule has 0 saturated carbocycles. The van der Waals surface area contributed by atoms with Gasteiger partial charge in [-0.05, 0) is 0 Å². The Kier molecular flexibility index (Phi) is 7.66. The van der Waals surface area contributed by atoms with Gasteiger partial charge in [0.2, 0.25) is 0 Å². The third-order valence-corrected chi connectivity index (χ3v) is 0.743. The second-order valence-corrected chi connectivity index (χ2v) is 9.26. The van der Waals surface area contributed by atoms with Crippen LogP contribution in [0.2, 0.25) is 0 Å². The van der Waals surface area contributed by atoms with E-state index in [4.69, 9.17) is 27.9 Å². The third kappa shape index (κ3) is 10.6. The first-order valence-electron chi connectivity index (χ1n) is 2.68. The normalized spacial score (nSPS) is 7.91. The van der Waals surface area contributed by atoms with Gasteiger partial charge in [0.05, 0.1) is 0 Å². The van der Waals surface area contributed by atoms with E-state index in [-0.39, 0.29) is 5.75 Å². The van der Waals surface area contributed by atoms with E-state index in [0.717, 1.165) is 0 Å². The second kappa shape index (κ2) is 7.26. The predicted molar refractivity (Wildman–Crippen MR) is 43.4 cm³/mol. The Morgan fingerprint density at radius 2 is 1.36 bits per heavy atom. The predicted octanol–water partition coefficient (Wildman–Crippen LogP) is 2.83. The summed E-state index contributed by atoms with van der Waals surface area (Å²) < 4.78 is 0. The first-order chi connectivity index (χ1) is 5.13.